The van der Waals surface area contributed by atoms with Crippen molar-refractivity contribution in [3.8, 4) is 5.75 Å². The molecule has 0 saturated carbocycles. The second kappa shape index (κ2) is 4.31. The zero-order valence-corrected chi connectivity index (χ0v) is 10.4. The van der Waals surface area contributed by atoms with Crippen molar-refractivity contribution in [2.24, 2.45) is 0 Å². The van der Waals surface area contributed by atoms with Gasteiger partial charge in [0.1, 0.15) is 10.4 Å². The number of benzene rings is 1. The van der Waals surface area contributed by atoms with Crippen LogP contribution in [0.5, 0.6) is 5.75 Å². The molecule has 78 valence electrons. The summed E-state index contributed by atoms with van der Waals surface area (Å²) in [5.41, 5.74) is 0.698. The van der Waals surface area contributed by atoms with Crippen LogP contribution in [0.15, 0.2) is 23.1 Å². The fraction of sp³-hybridized carbons (Fsp3) is 0.333. The number of hydrogen-bond acceptors (Lipinski definition) is 3. The van der Waals surface area contributed by atoms with Gasteiger partial charge in [0.2, 0.25) is 0 Å². The SMILES string of the molecule is COc1ccc(S(=O)(=O)CBr)c(C)c1. The number of ether oxygens (including phenoxy) is 1. The third kappa shape index (κ3) is 2.27. The van der Waals surface area contributed by atoms with Crippen molar-refractivity contribution in [2.75, 3.05) is 11.8 Å². The largest absolute Gasteiger partial charge is 0.497 e. The van der Waals surface area contributed by atoms with E-state index in [1.807, 2.05) is 0 Å². The first-order valence-electron chi connectivity index (χ1n) is 3.94. The lowest BCUT2D eigenvalue weighted by molar-refractivity contribution is 0.414. The van der Waals surface area contributed by atoms with E-state index in [1.54, 1.807) is 32.2 Å². The highest BCUT2D eigenvalue weighted by molar-refractivity contribution is 9.10. The third-order valence-corrected chi connectivity index (χ3v) is 5.08. The monoisotopic (exact) mass is 278 g/mol. The van der Waals surface area contributed by atoms with Gasteiger partial charge in [-0.25, -0.2) is 8.42 Å². The van der Waals surface area contributed by atoms with Crippen molar-refractivity contribution in [3.63, 3.8) is 0 Å². The van der Waals surface area contributed by atoms with Crippen LogP contribution in [0.1, 0.15) is 5.56 Å². The summed E-state index contributed by atoms with van der Waals surface area (Å²) in [7, 11) is -1.64. The van der Waals surface area contributed by atoms with Gasteiger partial charge in [0.25, 0.3) is 0 Å². The molecule has 3 nitrogen and oxygen atoms in total. The Labute approximate surface area is 92.1 Å². The molecule has 0 aliphatic carbocycles. The molecule has 0 fully saturated rings. The molecule has 0 heterocycles. The normalized spacial score (nSPS) is 11.4. The molecule has 0 N–H and O–H groups in total. The van der Waals surface area contributed by atoms with Gasteiger partial charge in [-0.2, -0.15) is 0 Å². The fourth-order valence-electron chi connectivity index (χ4n) is 1.16. The molecule has 0 radical (unpaired) electrons. The van der Waals surface area contributed by atoms with Gasteiger partial charge in [0, 0.05) is 0 Å². The molecule has 0 bridgehead atoms. The summed E-state index contributed by atoms with van der Waals surface area (Å²) in [5.74, 6) is 0.663. The molecular weight excluding hydrogens is 268 g/mol. The Morgan fingerprint density at radius 3 is 2.50 bits per heavy atom. The Balaban J connectivity index is 3.26. The minimum atomic E-state index is -3.19. The summed E-state index contributed by atoms with van der Waals surface area (Å²) in [5, 5.41) is 0. The summed E-state index contributed by atoms with van der Waals surface area (Å²) in [4.78, 5) is 0.343. The topological polar surface area (TPSA) is 43.4 Å². The number of aryl methyl sites for hydroxylation is 1. The van der Waals surface area contributed by atoms with Crippen LogP contribution in [0.2, 0.25) is 0 Å². The number of halogens is 1. The van der Waals surface area contributed by atoms with E-state index in [9.17, 15) is 8.42 Å². The van der Waals surface area contributed by atoms with Gasteiger partial charge in [-0.1, -0.05) is 15.9 Å². The zero-order valence-electron chi connectivity index (χ0n) is 7.95. The van der Waals surface area contributed by atoms with Crippen molar-refractivity contribution >= 4 is 25.8 Å². The summed E-state index contributed by atoms with van der Waals surface area (Å²) in [6, 6.07) is 4.91. The van der Waals surface area contributed by atoms with Gasteiger partial charge in [0.15, 0.2) is 9.84 Å². The first-order chi connectivity index (χ1) is 6.51. The molecule has 0 unspecified atom stereocenters. The molecule has 1 aromatic rings. The van der Waals surface area contributed by atoms with E-state index in [-0.39, 0.29) is 4.66 Å². The maximum absolute atomic E-state index is 11.5. The third-order valence-electron chi connectivity index (χ3n) is 1.86. The Kier molecular flexibility index (Phi) is 3.55. The van der Waals surface area contributed by atoms with E-state index < -0.39 is 9.84 Å². The Morgan fingerprint density at radius 2 is 2.07 bits per heavy atom. The van der Waals surface area contributed by atoms with E-state index in [4.69, 9.17) is 4.74 Å². The molecule has 0 spiro atoms. The van der Waals surface area contributed by atoms with Crippen LogP contribution in [-0.4, -0.2) is 20.2 Å². The second-order valence-corrected chi connectivity index (χ2v) is 6.12. The van der Waals surface area contributed by atoms with Gasteiger partial charge >= 0.3 is 0 Å². The molecule has 0 aromatic heterocycles. The van der Waals surface area contributed by atoms with Gasteiger partial charge in [-0.15, -0.1) is 0 Å². The highest BCUT2D eigenvalue weighted by Crippen LogP contribution is 2.22. The standard InChI is InChI=1S/C9H11BrO3S/c1-7-5-8(13-2)3-4-9(7)14(11,12)6-10/h3-5H,6H2,1-2H3. The molecule has 1 aromatic carbocycles. The van der Waals surface area contributed by atoms with Crippen LogP contribution in [0.3, 0.4) is 0 Å². The van der Waals surface area contributed by atoms with Gasteiger partial charge < -0.3 is 4.74 Å². The number of sulfone groups is 1. The number of methoxy groups -OCH3 is 1. The van der Waals surface area contributed by atoms with E-state index in [2.05, 4.69) is 15.9 Å². The molecule has 0 saturated heterocycles. The van der Waals surface area contributed by atoms with E-state index in [0.717, 1.165) is 0 Å². The quantitative estimate of drug-likeness (QED) is 0.796. The number of alkyl halides is 1. The molecule has 0 aliphatic rings. The van der Waals surface area contributed by atoms with Crippen LogP contribution < -0.4 is 4.74 Å². The summed E-state index contributed by atoms with van der Waals surface area (Å²) in [6.07, 6.45) is 0. The van der Waals surface area contributed by atoms with Crippen LogP contribution in [0.4, 0.5) is 0 Å². The fourth-order valence-corrected chi connectivity index (χ4v) is 2.84. The first kappa shape index (κ1) is 11.5. The summed E-state index contributed by atoms with van der Waals surface area (Å²) >= 11 is 2.96. The average Bonchev–Trinajstić information content (AvgIpc) is 2.17. The molecule has 0 atom stereocenters. The van der Waals surface area contributed by atoms with Crippen LogP contribution >= 0.6 is 15.9 Å². The van der Waals surface area contributed by atoms with Crippen molar-refractivity contribution in [2.45, 2.75) is 11.8 Å². The molecule has 5 heteroatoms. The van der Waals surface area contributed by atoms with Crippen LogP contribution in [0.25, 0.3) is 0 Å². The van der Waals surface area contributed by atoms with E-state index >= 15 is 0 Å². The zero-order chi connectivity index (χ0) is 10.8. The van der Waals surface area contributed by atoms with Gasteiger partial charge in [-0.3, -0.25) is 0 Å². The predicted molar refractivity (Wildman–Crippen MR) is 58.7 cm³/mol. The molecule has 1 rings (SSSR count). The first-order valence-corrected chi connectivity index (χ1v) is 6.72. The van der Waals surface area contributed by atoms with Crippen LogP contribution in [-0.2, 0) is 9.84 Å². The van der Waals surface area contributed by atoms with Crippen molar-refractivity contribution in [1.82, 2.24) is 0 Å². The van der Waals surface area contributed by atoms with Crippen molar-refractivity contribution < 1.29 is 13.2 Å². The lowest BCUT2D eigenvalue weighted by Crippen LogP contribution is -2.03. The lowest BCUT2D eigenvalue weighted by atomic mass is 10.2. The highest BCUT2D eigenvalue weighted by atomic mass is 79.9. The van der Waals surface area contributed by atoms with E-state index in [1.165, 1.54) is 0 Å². The maximum Gasteiger partial charge on any atom is 0.188 e. The molecule has 0 amide bonds. The summed E-state index contributed by atoms with van der Waals surface area (Å²) < 4.78 is 28.0. The number of hydrogen-bond donors (Lipinski definition) is 0. The maximum atomic E-state index is 11.5. The summed E-state index contributed by atoms with van der Waals surface area (Å²) in [6.45, 7) is 1.75. The minimum absolute atomic E-state index is 0.0623. The Morgan fingerprint density at radius 1 is 1.43 bits per heavy atom. The second-order valence-electron chi connectivity index (χ2n) is 2.86. The van der Waals surface area contributed by atoms with Crippen LogP contribution in [0, 0.1) is 6.92 Å². The van der Waals surface area contributed by atoms with Crippen molar-refractivity contribution in [1.29, 1.82) is 0 Å². The molecule has 14 heavy (non-hydrogen) atoms. The van der Waals surface area contributed by atoms with Gasteiger partial charge in [-0.05, 0) is 30.7 Å². The van der Waals surface area contributed by atoms with Crippen molar-refractivity contribution in [3.05, 3.63) is 23.8 Å². The van der Waals surface area contributed by atoms with Gasteiger partial charge in [0.05, 0.1) is 12.0 Å². The smallest absolute Gasteiger partial charge is 0.188 e. The lowest BCUT2D eigenvalue weighted by Gasteiger charge is -2.06. The Hall–Kier alpha value is -0.550. The average molecular weight is 279 g/mol. The highest BCUT2D eigenvalue weighted by Gasteiger charge is 2.15. The predicted octanol–water partition coefficient (Wildman–Crippen LogP) is 2.13. The molecular formula is C9H11BrO3S. The minimum Gasteiger partial charge on any atom is -0.497 e. The molecule has 0 aliphatic heterocycles. The Bertz CT molecular complexity index is 426. The van der Waals surface area contributed by atoms with E-state index in [0.29, 0.717) is 16.2 Å². The number of rotatable bonds is 3.